The zero-order valence-corrected chi connectivity index (χ0v) is 14.2. The van der Waals surface area contributed by atoms with Crippen molar-refractivity contribution in [1.82, 2.24) is 10.2 Å². The van der Waals surface area contributed by atoms with Crippen LogP contribution in [0.2, 0.25) is 0 Å². The zero-order valence-electron chi connectivity index (χ0n) is 14.2. The van der Waals surface area contributed by atoms with Gasteiger partial charge in [0.2, 0.25) is 11.4 Å². The van der Waals surface area contributed by atoms with Crippen molar-refractivity contribution in [3.8, 4) is 17.5 Å². The standard InChI is InChI=1S/C7H10N2O3.C6H7N3O4/c1-5-4-6(11-2)7(12-3)8-9(5)10;1-4-3-5(9(11)12)6(13-2)7-8(4)10/h4H,1-3H3;3H,1-2H3. The summed E-state index contributed by atoms with van der Waals surface area (Å²) in [6, 6.07) is 2.68. The molecule has 2 heterocycles. The average molecular weight is 355 g/mol. The first-order valence-electron chi connectivity index (χ1n) is 6.74. The van der Waals surface area contributed by atoms with Gasteiger partial charge < -0.3 is 24.6 Å². The number of hydrogen-bond donors (Lipinski definition) is 0. The minimum Gasteiger partial charge on any atom is -0.594 e. The molecule has 0 aliphatic carbocycles. The monoisotopic (exact) mass is 355 g/mol. The molecular weight excluding hydrogens is 338 g/mol. The molecule has 0 aliphatic heterocycles. The van der Waals surface area contributed by atoms with E-state index < -0.39 is 4.92 Å². The normalized spacial score (nSPS) is 9.64. The second-order valence-electron chi connectivity index (χ2n) is 4.55. The van der Waals surface area contributed by atoms with E-state index in [1.165, 1.54) is 28.3 Å². The molecule has 0 aliphatic rings. The van der Waals surface area contributed by atoms with Gasteiger partial charge in [-0.15, -0.1) is 0 Å². The van der Waals surface area contributed by atoms with Crippen LogP contribution in [0, 0.1) is 34.4 Å². The molecule has 12 nitrogen and oxygen atoms in total. The van der Waals surface area contributed by atoms with Crippen LogP contribution in [0.25, 0.3) is 0 Å². The SMILES string of the molecule is COc1cc(C)[n+]([O-])nc1OC.COc1n[n+]([O-])c(C)cc1[N+](=O)[O-]. The smallest absolute Gasteiger partial charge is 0.359 e. The van der Waals surface area contributed by atoms with E-state index in [0.29, 0.717) is 16.3 Å². The summed E-state index contributed by atoms with van der Waals surface area (Å²) >= 11 is 0. The fraction of sp³-hybridized carbons (Fsp3) is 0.385. The maximum atomic E-state index is 10.9. The predicted molar refractivity (Wildman–Crippen MR) is 82.2 cm³/mol. The van der Waals surface area contributed by atoms with Crippen LogP contribution < -0.4 is 23.9 Å². The number of ether oxygens (including phenoxy) is 3. The molecule has 0 radical (unpaired) electrons. The van der Waals surface area contributed by atoms with Gasteiger partial charge in [-0.3, -0.25) is 10.1 Å². The lowest BCUT2D eigenvalue weighted by Crippen LogP contribution is -2.34. The molecule has 0 bridgehead atoms. The highest BCUT2D eigenvalue weighted by atomic mass is 16.6. The number of aromatic nitrogens is 4. The fourth-order valence-electron chi connectivity index (χ4n) is 1.61. The number of nitrogens with zero attached hydrogens (tertiary/aromatic N) is 5. The lowest BCUT2D eigenvalue weighted by atomic mass is 10.4. The quantitative estimate of drug-likeness (QED) is 0.319. The Morgan fingerprint density at radius 1 is 0.920 bits per heavy atom. The molecule has 25 heavy (non-hydrogen) atoms. The number of hydrogen-bond acceptors (Lipinski definition) is 9. The maximum absolute atomic E-state index is 10.9. The van der Waals surface area contributed by atoms with Crippen molar-refractivity contribution in [3.63, 3.8) is 0 Å². The van der Waals surface area contributed by atoms with Gasteiger partial charge in [-0.05, 0) is 0 Å². The molecule has 0 amide bonds. The topological polar surface area (TPSA) is 150 Å². The van der Waals surface area contributed by atoms with Crippen LogP contribution in [-0.4, -0.2) is 36.5 Å². The van der Waals surface area contributed by atoms with E-state index in [0.717, 1.165) is 6.07 Å². The van der Waals surface area contributed by atoms with E-state index in [2.05, 4.69) is 14.9 Å². The summed E-state index contributed by atoms with van der Waals surface area (Å²) in [7, 11) is 4.14. The highest BCUT2D eigenvalue weighted by molar-refractivity contribution is 5.39. The molecule has 0 fully saturated rings. The van der Waals surface area contributed by atoms with Crippen LogP contribution in [-0.2, 0) is 0 Å². The lowest BCUT2D eigenvalue weighted by Gasteiger charge is -2.05. The Hall–Kier alpha value is -3.44. The molecule has 12 heteroatoms. The van der Waals surface area contributed by atoms with Crippen molar-refractivity contribution < 1.29 is 28.8 Å². The summed E-state index contributed by atoms with van der Waals surface area (Å²) < 4.78 is 14.3. The van der Waals surface area contributed by atoms with Crippen molar-refractivity contribution in [2.45, 2.75) is 13.8 Å². The van der Waals surface area contributed by atoms with E-state index in [4.69, 9.17) is 9.47 Å². The van der Waals surface area contributed by atoms with E-state index in [9.17, 15) is 20.5 Å². The van der Waals surface area contributed by atoms with Crippen molar-refractivity contribution in [2.75, 3.05) is 21.3 Å². The molecule has 2 rings (SSSR count). The first-order chi connectivity index (χ1) is 11.7. The molecule has 0 spiro atoms. The van der Waals surface area contributed by atoms with Crippen molar-refractivity contribution in [2.24, 2.45) is 0 Å². The summed E-state index contributed by atoms with van der Waals surface area (Å²) in [5.41, 5.74) is 0.298. The Balaban J connectivity index is 0.000000251. The predicted octanol–water partition coefficient (Wildman–Crippen LogP) is -0.0192. The van der Waals surface area contributed by atoms with Crippen molar-refractivity contribution in [3.05, 3.63) is 44.0 Å². The third-order valence-corrected chi connectivity index (χ3v) is 2.89. The minimum absolute atomic E-state index is 0.146. The van der Waals surface area contributed by atoms with Crippen LogP contribution in [0.5, 0.6) is 17.5 Å². The molecule has 2 aromatic rings. The number of nitro groups is 1. The van der Waals surface area contributed by atoms with Crippen LogP contribution in [0.15, 0.2) is 12.1 Å². The third-order valence-electron chi connectivity index (χ3n) is 2.89. The van der Waals surface area contributed by atoms with E-state index >= 15 is 0 Å². The molecule has 0 unspecified atom stereocenters. The minimum atomic E-state index is -0.654. The van der Waals surface area contributed by atoms with E-state index in [1.807, 2.05) is 0 Å². The Bertz CT molecular complexity index is 740. The number of rotatable bonds is 4. The van der Waals surface area contributed by atoms with Gasteiger partial charge in [-0.1, -0.05) is 9.69 Å². The largest absolute Gasteiger partial charge is 0.594 e. The first kappa shape index (κ1) is 19.6. The number of aryl methyl sites for hydroxylation is 2. The highest BCUT2D eigenvalue weighted by Crippen LogP contribution is 2.22. The Kier molecular flexibility index (Phi) is 6.61. The molecule has 2 aromatic heterocycles. The van der Waals surface area contributed by atoms with Crippen LogP contribution in [0.3, 0.4) is 0 Å². The van der Waals surface area contributed by atoms with Crippen LogP contribution >= 0.6 is 0 Å². The van der Waals surface area contributed by atoms with Gasteiger partial charge in [-0.2, -0.15) is 0 Å². The van der Waals surface area contributed by atoms with Gasteiger partial charge in [0, 0.05) is 13.8 Å². The fourth-order valence-corrected chi connectivity index (χ4v) is 1.61. The van der Waals surface area contributed by atoms with E-state index in [1.54, 1.807) is 13.0 Å². The molecule has 0 saturated carbocycles. The van der Waals surface area contributed by atoms with Crippen molar-refractivity contribution >= 4 is 5.69 Å². The van der Waals surface area contributed by atoms with E-state index in [-0.39, 0.29) is 28.0 Å². The summed E-state index contributed by atoms with van der Waals surface area (Å²) in [5, 5.41) is 39.1. The second-order valence-corrected chi connectivity index (χ2v) is 4.55. The van der Waals surface area contributed by atoms with Crippen LogP contribution in [0.4, 0.5) is 5.69 Å². The first-order valence-corrected chi connectivity index (χ1v) is 6.74. The summed E-state index contributed by atoms with van der Waals surface area (Å²) in [5.74, 6) is 0.366. The second kappa shape index (κ2) is 8.42. The van der Waals surface area contributed by atoms with Gasteiger partial charge in [0.1, 0.15) is 0 Å². The van der Waals surface area contributed by atoms with Gasteiger partial charge in [0.15, 0.2) is 5.75 Å². The Morgan fingerprint density at radius 3 is 1.84 bits per heavy atom. The molecule has 0 aromatic carbocycles. The Labute approximate surface area is 142 Å². The van der Waals surface area contributed by atoms with Gasteiger partial charge in [-0.25, -0.2) is 0 Å². The molecule has 0 atom stereocenters. The third kappa shape index (κ3) is 4.76. The summed E-state index contributed by atoms with van der Waals surface area (Å²) in [4.78, 5) is 10.5. The Morgan fingerprint density at radius 2 is 1.40 bits per heavy atom. The molecule has 136 valence electrons. The molecule has 0 saturated heterocycles. The molecule has 0 N–H and O–H groups in total. The zero-order chi connectivity index (χ0) is 19.1. The summed E-state index contributed by atoms with van der Waals surface area (Å²) in [6.45, 7) is 3.06. The van der Waals surface area contributed by atoms with Crippen LogP contribution in [0.1, 0.15) is 11.4 Å². The van der Waals surface area contributed by atoms with Gasteiger partial charge >= 0.3 is 17.4 Å². The molecular formula is C13H17N5O7. The lowest BCUT2D eigenvalue weighted by molar-refractivity contribution is -0.676. The summed E-state index contributed by atoms with van der Waals surface area (Å²) in [6.07, 6.45) is 0. The maximum Gasteiger partial charge on any atom is 0.359 e. The van der Waals surface area contributed by atoms with Gasteiger partial charge in [0.05, 0.1) is 48.6 Å². The number of methoxy groups -OCH3 is 3. The van der Waals surface area contributed by atoms with Crippen molar-refractivity contribution in [1.29, 1.82) is 0 Å². The highest BCUT2D eigenvalue weighted by Gasteiger charge is 2.22. The van der Waals surface area contributed by atoms with Gasteiger partial charge in [0.25, 0.3) is 0 Å². The average Bonchev–Trinajstić information content (AvgIpc) is 2.59.